The lowest BCUT2D eigenvalue weighted by atomic mass is 9.84. The minimum Gasteiger partial charge on any atom is -0.272 e. The summed E-state index contributed by atoms with van der Waals surface area (Å²) >= 11 is 45.1. The summed E-state index contributed by atoms with van der Waals surface area (Å²) in [4.78, 5) is 37.1. The Bertz CT molecular complexity index is 1320. The van der Waals surface area contributed by atoms with Gasteiger partial charge in [-0.25, -0.2) is 9.40 Å². The number of carbonyl (C=O) groups is 3. The summed E-state index contributed by atoms with van der Waals surface area (Å²) in [6.07, 6.45) is 0. The number of imide groups is 1. The molecule has 5 rings (SSSR count). The molecule has 1 saturated carbocycles. The molecular weight excluding hydrogens is 619 g/mol. The molecule has 0 aromatic heterocycles. The summed E-state index contributed by atoms with van der Waals surface area (Å²) in [5.74, 6) is -6.21. The maximum Gasteiger partial charge on any atom is 0.273 e. The van der Waals surface area contributed by atoms with E-state index in [4.69, 9.17) is 81.2 Å². The van der Waals surface area contributed by atoms with Gasteiger partial charge in [0.2, 0.25) is 0 Å². The number of benzene rings is 2. The van der Waals surface area contributed by atoms with Crippen molar-refractivity contribution in [2.75, 3.05) is 0 Å². The third-order valence-electron chi connectivity index (χ3n) is 6.73. The zero-order chi connectivity index (χ0) is 26.4. The smallest absolute Gasteiger partial charge is 0.272 e. The molecule has 0 radical (unpaired) electrons. The fourth-order valence-corrected chi connectivity index (χ4v) is 8.04. The van der Waals surface area contributed by atoms with Crippen LogP contribution in [0.3, 0.4) is 0 Å². The van der Waals surface area contributed by atoms with Gasteiger partial charge < -0.3 is 0 Å². The number of nitrogens with zero attached hydrogens (tertiary/aromatic N) is 2. The Morgan fingerprint density at radius 1 is 0.861 bits per heavy atom. The highest BCUT2D eigenvalue weighted by atomic mass is 35.5. The Morgan fingerprint density at radius 3 is 1.86 bits per heavy atom. The molecule has 2 bridgehead atoms. The van der Waals surface area contributed by atoms with Crippen molar-refractivity contribution in [1.82, 2.24) is 10.0 Å². The number of carbonyl (C=O) groups excluding carboxylic acids is 3. The first kappa shape index (κ1) is 26.4. The van der Waals surface area contributed by atoms with Crippen molar-refractivity contribution in [1.29, 1.82) is 0 Å². The van der Waals surface area contributed by atoms with Gasteiger partial charge in [-0.05, 0) is 30.3 Å². The van der Waals surface area contributed by atoms with Crippen molar-refractivity contribution in [3.63, 3.8) is 0 Å². The standard InChI is InChI=1S/C23H12Cl7FN2O3/c24-12-7-5-10(6-8-12)18(34)32(9-11-3-1-2-4-13(11)31)33-19(35)14-15(20(33)36)22(28)17(26)16(25)21(14,27)23(22,29)30/h1-8,14-15H,9H2/t14-,15+,21-,22-/m1/s1. The SMILES string of the molecule is O=C(c1ccc(Cl)cc1)N(Cc1ccccc1F)N1C(=O)[C@@H]2[C@H](C1=O)[C@@]1(Cl)C(Cl)=C(Cl)[C@@]2(Cl)C1(Cl)Cl. The molecule has 3 amide bonds. The Kier molecular flexibility index (Phi) is 6.32. The predicted octanol–water partition coefficient (Wildman–Crippen LogP) is 6.48. The average molecular weight is 632 g/mol. The second kappa shape index (κ2) is 8.63. The van der Waals surface area contributed by atoms with Crippen LogP contribution in [0.1, 0.15) is 15.9 Å². The van der Waals surface area contributed by atoms with Crippen LogP contribution in [0.15, 0.2) is 58.6 Å². The molecule has 2 aliphatic carbocycles. The molecule has 188 valence electrons. The third kappa shape index (κ3) is 3.19. The monoisotopic (exact) mass is 628 g/mol. The molecule has 3 aliphatic rings. The highest BCUT2D eigenvalue weighted by Gasteiger charge is 2.88. The number of hydrogen-bond acceptors (Lipinski definition) is 3. The van der Waals surface area contributed by atoms with Crippen molar-refractivity contribution in [3.8, 4) is 0 Å². The van der Waals surface area contributed by atoms with E-state index in [0.717, 1.165) is 5.01 Å². The fraction of sp³-hybridized carbons (Fsp3) is 0.261. The van der Waals surface area contributed by atoms with E-state index in [1.165, 1.54) is 42.5 Å². The van der Waals surface area contributed by atoms with Crippen LogP contribution in [-0.4, -0.2) is 41.8 Å². The number of allylic oxidation sites excluding steroid dienone is 2. The molecule has 1 aliphatic heterocycles. The molecule has 0 spiro atoms. The van der Waals surface area contributed by atoms with Gasteiger partial charge in [0.05, 0.1) is 28.4 Å². The molecule has 0 N–H and O–H groups in total. The topological polar surface area (TPSA) is 57.7 Å². The summed E-state index contributed by atoms with van der Waals surface area (Å²) in [7, 11) is 0. The van der Waals surface area contributed by atoms with Gasteiger partial charge >= 0.3 is 0 Å². The first-order valence-corrected chi connectivity index (χ1v) is 12.9. The third-order valence-corrected chi connectivity index (χ3v) is 11.2. The molecule has 2 fully saturated rings. The first-order valence-electron chi connectivity index (χ1n) is 10.3. The summed E-state index contributed by atoms with van der Waals surface area (Å²) in [5, 5.41) is 1.24. The number of halogens is 8. The van der Waals surface area contributed by atoms with E-state index in [1.54, 1.807) is 6.07 Å². The second-order valence-electron chi connectivity index (χ2n) is 8.53. The van der Waals surface area contributed by atoms with Gasteiger partial charge in [0.1, 0.15) is 15.6 Å². The van der Waals surface area contributed by atoms with Crippen molar-refractivity contribution in [2.24, 2.45) is 11.8 Å². The van der Waals surface area contributed by atoms with Gasteiger partial charge in [-0.2, -0.15) is 5.01 Å². The van der Waals surface area contributed by atoms with Crippen LogP contribution < -0.4 is 0 Å². The van der Waals surface area contributed by atoms with Crippen LogP contribution >= 0.6 is 81.2 Å². The minimum absolute atomic E-state index is 0.0415. The average Bonchev–Trinajstić information content (AvgIpc) is 3.22. The molecule has 2 aromatic carbocycles. The van der Waals surface area contributed by atoms with E-state index in [0.29, 0.717) is 10.0 Å². The van der Waals surface area contributed by atoms with E-state index in [9.17, 15) is 18.8 Å². The van der Waals surface area contributed by atoms with Crippen molar-refractivity contribution >= 4 is 98.9 Å². The number of rotatable bonds is 4. The maximum atomic E-state index is 14.6. The summed E-state index contributed by atoms with van der Waals surface area (Å²) in [6, 6.07) is 11.3. The van der Waals surface area contributed by atoms with Crippen molar-refractivity contribution in [2.45, 2.75) is 20.6 Å². The van der Waals surface area contributed by atoms with E-state index < -0.39 is 56.0 Å². The largest absolute Gasteiger partial charge is 0.273 e. The van der Waals surface area contributed by atoms with Crippen LogP contribution in [0.25, 0.3) is 0 Å². The van der Waals surface area contributed by atoms with E-state index in [2.05, 4.69) is 0 Å². The quantitative estimate of drug-likeness (QED) is 0.287. The van der Waals surface area contributed by atoms with Gasteiger partial charge in [-0.15, -0.1) is 23.2 Å². The number of alkyl halides is 4. The van der Waals surface area contributed by atoms with Gasteiger partial charge in [0.25, 0.3) is 17.7 Å². The Morgan fingerprint density at radius 2 is 1.36 bits per heavy atom. The lowest BCUT2D eigenvalue weighted by Crippen LogP contribution is -2.55. The highest BCUT2D eigenvalue weighted by molar-refractivity contribution is 6.66. The second-order valence-corrected chi connectivity index (χ2v) is 12.2. The molecule has 1 saturated heterocycles. The van der Waals surface area contributed by atoms with Crippen LogP contribution in [-0.2, 0) is 16.1 Å². The summed E-state index contributed by atoms with van der Waals surface area (Å²) in [6.45, 7) is -0.475. The predicted molar refractivity (Wildman–Crippen MR) is 137 cm³/mol. The van der Waals surface area contributed by atoms with Crippen LogP contribution in [0.2, 0.25) is 5.02 Å². The molecule has 5 nitrogen and oxygen atoms in total. The molecule has 13 heteroatoms. The van der Waals surface area contributed by atoms with Gasteiger partial charge in [0.15, 0.2) is 4.33 Å². The van der Waals surface area contributed by atoms with Gasteiger partial charge in [0, 0.05) is 16.1 Å². The van der Waals surface area contributed by atoms with Crippen molar-refractivity contribution in [3.05, 3.63) is 80.6 Å². The molecule has 1 heterocycles. The first-order chi connectivity index (χ1) is 16.8. The number of hydrazine groups is 1. The molecule has 2 aromatic rings. The summed E-state index contributed by atoms with van der Waals surface area (Å²) < 4.78 is 12.5. The lowest BCUT2D eigenvalue weighted by molar-refractivity contribution is -0.156. The van der Waals surface area contributed by atoms with E-state index in [-0.39, 0.29) is 21.2 Å². The molecular formula is C23H12Cl7FN2O3. The van der Waals surface area contributed by atoms with Gasteiger partial charge in [-0.3, -0.25) is 14.4 Å². The summed E-state index contributed by atoms with van der Waals surface area (Å²) in [5.41, 5.74) is 0.121. The van der Waals surface area contributed by atoms with E-state index >= 15 is 0 Å². The molecule has 36 heavy (non-hydrogen) atoms. The molecule has 0 unspecified atom stereocenters. The Labute approximate surface area is 239 Å². The fourth-order valence-electron chi connectivity index (χ4n) is 4.98. The Hall–Kier alpha value is -1.25. The minimum atomic E-state index is -2.12. The Balaban J connectivity index is 1.63. The van der Waals surface area contributed by atoms with Crippen LogP contribution in [0, 0.1) is 17.7 Å². The highest BCUT2D eigenvalue weighted by Crippen LogP contribution is 2.77. The van der Waals surface area contributed by atoms with Crippen LogP contribution in [0.4, 0.5) is 4.39 Å². The lowest BCUT2D eigenvalue weighted by Gasteiger charge is -2.37. The zero-order valence-corrected chi connectivity index (χ0v) is 22.9. The van der Waals surface area contributed by atoms with Gasteiger partial charge in [-0.1, -0.05) is 76.2 Å². The number of hydrogen-bond donors (Lipinski definition) is 0. The van der Waals surface area contributed by atoms with Crippen LogP contribution in [0.5, 0.6) is 0 Å². The zero-order valence-electron chi connectivity index (χ0n) is 17.6. The number of fused-ring (bicyclic) bond motifs is 5. The van der Waals surface area contributed by atoms with E-state index in [1.807, 2.05) is 0 Å². The number of amides is 3. The molecule has 4 atom stereocenters. The maximum absolute atomic E-state index is 14.6. The van der Waals surface area contributed by atoms with Crippen molar-refractivity contribution < 1.29 is 18.8 Å². The normalized spacial score (nSPS) is 30.3.